The first-order chi connectivity index (χ1) is 15.6. The molecule has 12 heteroatoms. The van der Waals surface area contributed by atoms with Gasteiger partial charge in [0.1, 0.15) is 23.5 Å². The highest BCUT2D eigenvalue weighted by Gasteiger charge is 2.24. The Morgan fingerprint density at radius 3 is 2.55 bits per heavy atom. The van der Waals surface area contributed by atoms with E-state index in [9.17, 15) is 24.3 Å². The molecule has 0 fully saturated rings. The summed E-state index contributed by atoms with van der Waals surface area (Å²) < 4.78 is 1.82. The number of amides is 3. The molecule has 0 radical (unpaired) electrons. The van der Waals surface area contributed by atoms with Crippen LogP contribution in [-0.4, -0.2) is 61.0 Å². The maximum absolute atomic E-state index is 13.0. The van der Waals surface area contributed by atoms with Crippen LogP contribution in [0, 0.1) is 0 Å². The number of aromatic nitrogens is 3. The first-order valence-corrected chi connectivity index (χ1v) is 10.6. The molecule has 0 aliphatic rings. The van der Waals surface area contributed by atoms with E-state index in [0.29, 0.717) is 15.9 Å². The number of carbonyl (C=O) groups excluding carboxylic acids is 3. The van der Waals surface area contributed by atoms with Crippen molar-refractivity contribution in [3.05, 3.63) is 52.3 Å². The highest BCUT2D eigenvalue weighted by atomic mass is 79.9. The van der Waals surface area contributed by atoms with Crippen molar-refractivity contribution in [2.75, 3.05) is 11.9 Å². The van der Waals surface area contributed by atoms with Crippen LogP contribution in [0.4, 0.5) is 5.82 Å². The number of anilines is 1. The number of halogens is 1. The van der Waals surface area contributed by atoms with Gasteiger partial charge in [-0.05, 0) is 60.1 Å². The maximum atomic E-state index is 13.0. The van der Waals surface area contributed by atoms with E-state index >= 15 is 0 Å². The third-order valence-electron chi connectivity index (χ3n) is 4.76. The average Bonchev–Trinajstić information content (AvgIpc) is 3.09. The number of nitrogens with one attached hydrogen (secondary N) is 1. The Labute approximate surface area is 196 Å². The smallest absolute Gasteiger partial charge is 0.335 e. The van der Waals surface area contributed by atoms with Crippen LogP contribution in [0.25, 0.3) is 10.9 Å². The number of nitrogens with zero attached hydrogens (tertiary/aromatic N) is 4. The summed E-state index contributed by atoms with van der Waals surface area (Å²) in [6.07, 6.45) is 0. The van der Waals surface area contributed by atoms with E-state index in [0.717, 1.165) is 0 Å². The predicted molar refractivity (Wildman–Crippen MR) is 123 cm³/mol. The van der Waals surface area contributed by atoms with Gasteiger partial charge in [-0.25, -0.2) is 9.78 Å². The summed E-state index contributed by atoms with van der Waals surface area (Å²) in [6.45, 7) is 3.02. The van der Waals surface area contributed by atoms with Gasteiger partial charge in [0.05, 0.1) is 11.1 Å². The molecule has 0 spiro atoms. The zero-order chi connectivity index (χ0) is 24.3. The lowest BCUT2D eigenvalue weighted by atomic mass is 10.1. The second-order valence-corrected chi connectivity index (χ2v) is 8.23. The lowest BCUT2D eigenvalue weighted by Crippen LogP contribution is -2.44. The number of fused-ring (bicyclic) bond motifs is 1. The third kappa shape index (κ3) is 5.52. The molecule has 0 saturated heterocycles. The highest BCUT2D eigenvalue weighted by Crippen LogP contribution is 2.21. The van der Waals surface area contributed by atoms with E-state index in [1.807, 2.05) is 0 Å². The third-order valence-corrected chi connectivity index (χ3v) is 5.20. The average molecular weight is 517 g/mol. The van der Waals surface area contributed by atoms with E-state index in [1.165, 1.54) is 27.8 Å². The van der Waals surface area contributed by atoms with Crippen molar-refractivity contribution in [1.82, 2.24) is 19.7 Å². The summed E-state index contributed by atoms with van der Waals surface area (Å²) in [7, 11) is 0. The lowest BCUT2D eigenvalue weighted by Gasteiger charge is -2.26. The number of primary amides is 1. The van der Waals surface area contributed by atoms with Gasteiger partial charge in [0, 0.05) is 11.4 Å². The van der Waals surface area contributed by atoms with Crippen LogP contribution >= 0.6 is 15.9 Å². The summed E-state index contributed by atoms with van der Waals surface area (Å²) in [5.74, 6) is -2.55. The van der Waals surface area contributed by atoms with Gasteiger partial charge >= 0.3 is 5.97 Å². The molecule has 11 nitrogen and oxygen atoms in total. The van der Waals surface area contributed by atoms with Crippen LogP contribution in [0.5, 0.6) is 0 Å². The van der Waals surface area contributed by atoms with Crippen LogP contribution in [0.15, 0.2) is 41.0 Å². The fraction of sp³-hybridized carbons (Fsp3) is 0.238. The minimum absolute atomic E-state index is 0.0440. The van der Waals surface area contributed by atoms with Gasteiger partial charge in [-0.15, -0.1) is 0 Å². The van der Waals surface area contributed by atoms with E-state index in [1.54, 1.807) is 32.0 Å². The summed E-state index contributed by atoms with van der Waals surface area (Å²) in [4.78, 5) is 54.1. The Bertz CT molecular complexity index is 1260. The van der Waals surface area contributed by atoms with Gasteiger partial charge < -0.3 is 21.1 Å². The Morgan fingerprint density at radius 2 is 1.94 bits per heavy atom. The Balaban J connectivity index is 1.83. The van der Waals surface area contributed by atoms with Gasteiger partial charge in [0.2, 0.25) is 11.8 Å². The van der Waals surface area contributed by atoms with Crippen LogP contribution in [0.2, 0.25) is 0 Å². The van der Waals surface area contributed by atoms with E-state index < -0.39 is 23.7 Å². The maximum Gasteiger partial charge on any atom is 0.335 e. The zero-order valence-corrected chi connectivity index (χ0v) is 19.4. The Kier molecular flexibility index (Phi) is 7.07. The second-order valence-electron chi connectivity index (χ2n) is 7.42. The van der Waals surface area contributed by atoms with Crippen molar-refractivity contribution in [2.45, 2.75) is 26.4 Å². The standard InChI is InChI=1S/C21H21BrN6O5/c1-11(2)27(9-17(29)25-16-5-3-4-15(22)24-16)18(30)10-28-14-7-6-12(21(32)33)8-13(14)19(26-28)20(23)31/h3-8,11H,9-10H2,1-2H3,(H2,23,31)(H,32,33)(H,24,25,29). The molecule has 3 aromatic rings. The number of nitrogens with two attached hydrogens (primary N) is 1. The summed E-state index contributed by atoms with van der Waals surface area (Å²) in [5, 5.41) is 16.2. The van der Waals surface area contributed by atoms with Crippen molar-refractivity contribution in [3.8, 4) is 0 Å². The number of benzene rings is 1. The van der Waals surface area contributed by atoms with Gasteiger partial charge in [-0.3, -0.25) is 19.1 Å². The highest BCUT2D eigenvalue weighted by molar-refractivity contribution is 9.10. The molecule has 0 aliphatic carbocycles. The number of hydrogen-bond acceptors (Lipinski definition) is 6. The van der Waals surface area contributed by atoms with Crippen molar-refractivity contribution >= 4 is 56.3 Å². The topological polar surface area (TPSA) is 161 Å². The number of rotatable bonds is 8. The minimum atomic E-state index is -1.17. The number of pyridine rings is 1. The molecule has 33 heavy (non-hydrogen) atoms. The molecule has 0 unspecified atom stereocenters. The molecule has 0 saturated carbocycles. The van der Waals surface area contributed by atoms with Gasteiger partial charge in [0.15, 0.2) is 5.69 Å². The Hall–Kier alpha value is -3.80. The largest absolute Gasteiger partial charge is 0.478 e. The number of carbonyl (C=O) groups is 4. The minimum Gasteiger partial charge on any atom is -0.478 e. The number of carboxylic acid groups (broad SMARTS) is 1. The van der Waals surface area contributed by atoms with Crippen LogP contribution in [0.3, 0.4) is 0 Å². The molecular weight excluding hydrogens is 496 g/mol. The van der Waals surface area contributed by atoms with Crippen molar-refractivity contribution in [2.24, 2.45) is 5.73 Å². The molecule has 3 amide bonds. The molecule has 4 N–H and O–H groups in total. The summed E-state index contributed by atoms with van der Waals surface area (Å²) >= 11 is 3.23. The van der Waals surface area contributed by atoms with Crippen LogP contribution in [0.1, 0.15) is 34.7 Å². The number of hydrogen-bond donors (Lipinski definition) is 3. The predicted octanol–water partition coefficient (Wildman–Crippen LogP) is 1.87. The molecular formula is C21H21BrN6O5. The SMILES string of the molecule is CC(C)N(CC(=O)Nc1cccc(Br)n1)C(=O)Cn1nc(C(N)=O)c2cc(C(=O)O)ccc21. The fourth-order valence-corrected chi connectivity index (χ4v) is 3.55. The van der Waals surface area contributed by atoms with E-state index in [-0.39, 0.29) is 35.8 Å². The van der Waals surface area contributed by atoms with Crippen molar-refractivity contribution < 1.29 is 24.3 Å². The molecule has 1 aromatic carbocycles. The molecule has 0 aliphatic heterocycles. The second kappa shape index (κ2) is 9.77. The van der Waals surface area contributed by atoms with E-state index in [4.69, 9.17) is 5.73 Å². The molecule has 3 rings (SSSR count). The molecule has 0 bridgehead atoms. The molecule has 2 heterocycles. The van der Waals surface area contributed by atoms with Crippen LogP contribution < -0.4 is 11.1 Å². The van der Waals surface area contributed by atoms with Gasteiger partial charge in [0.25, 0.3) is 5.91 Å². The molecule has 0 atom stereocenters. The molecule has 2 aromatic heterocycles. The summed E-state index contributed by atoms with van der Waals surface area (Å²) in [5.41, 5.74) is 5.57. The number of carboxylic acids is 1. The zero-order valence-electron chi connectivity index (χ0n) is 17.8. The quantitative estimate of drug-likeness (QED) is 0.385. The van der Waals surface area contributed by atoms with Crippen LogP contribution in [-0.2, 0) is 16.1 Å². The van der Waals surface area contributed by atoms with Gasteiger partial charge in [-0.2, -0.15) is 5.10 Å². The summed E-state index contributed by atoms with van der Waals surface area (Å²) in [6, 6.07) is 8.82. The first-order valence-electron chi connectivity index (χ1n) is 9.82. The Morgan fingerprint density at radius 1 is 1.21 bits per heavy atom. The van der Waals surface area contributed by atoms with E-state index in [2.05, 4.69) is 31.3 Å². The van der Waals surface area contributed by atoms with Gasteiger partial charge in [-0.1, -0.05) is 6.07 Å². The molecule has 172 valence electrons. The lowest BCUT2D eigenvalue weighted by molar-refractivity contribution is -0.137. The van der Waals surface area contributed by atoms with Crippen molar-refractivity contribution in [3.63, 3.8) is 0 Å². The monoisotopic (exact) mass is 516 g/mol. The number of aromatic carboxylic acids is 1. The fourth-order valence-electron chi connectivity index (χ4n) is 3.21. The first kappa shape index (κ1) is 23.9. The normalized spacial score (nSPS) is 10.9. The van der Waals surface area contributed by atoms with Crippen molar-refractivity contribution in [1.29, 1.82) is 0 Å².